The van der Waals surface area contributed by atoms with Crippen LogP contribution in [0.3, 0.4) is 0 Å². The van der Waals surface area contributed by atoms with Gasteiger partial charge in [0.2, 0.25) is 0 Å². The zero-order valence-electron chi connectivity index (χ0n) is 9.90. The number of halogens is 1. The number of aryl methyl sites for hydroxylation is 2. The van der Waals surface area contributed by atoms with Crippen molar-refractivity contribution in [1.82, 2.24) is 15.2 Å². The highest BCUT2D eigenvalue weighted by Gasteiger charge is 2.10. The summed E-state index contributed by atoms with van der Waals surface area (Å²) in [5.41, 5.74) is 8.46. The fourth-order valence-electron chi connectivity index (χ4n) is 1.33. The molecule has 0 aliphatic heterocycles. The number of rotatable bonds is 5. The summed E-state index contributed by atoms with van der Waals surface area (Å²) < 4.78 is 1.73. The van der Waals surface area contributed by atoms with Crippen molar-refractivity contribution in [1.29, 1.82) is 0 Å². The first kappa shape index (κ1) is 13.5. The van der Waals surface area contributed by atoms with Crippen LogP contribution in [0.2, 0.25) is 5.15 Å². The number of aromatic nitrogens is 2. The van der Waals surface area contributed by atoms with Crippen LogP contribution in [-0.4, -0.2) is 22.0 Å². The maximum absolute atomic E-state index is 10.4. The van der Waals surface area contributed by atoms with Gasteiger partial charge >= 0.3 is 6.03 Å². The molecule has 6 nitrogen and oxygen atoms in total. The number of unbranched alkanes of at least 4 members (excludes halogenated alkanes) is 1. The summed E-state index contributed by atoms with van der Waals surface area (Å²) >= 11 is 6.15. The molecule has 3 N–H and O–H groups in total. The van der Waals surface area contributed by atoms with Gasteiger partial charge < -0.3 is 5.73 Å². The minimum atomic E-state index is -0.714. The molecular formula is C10H16ClN5O. The number of hydrazone groups is 1. The molecule has 17 heavy (non-hydrogen) atoms. The fourth-order valence-corrected chi connectivity index (χ4v) is 1.64. The average Bonchev–Trinajstić information content (AvgIpc) is 2.53. The van der Waals surface area contributed by atoms with Crippen molar-refractivity contribution >= 4 is 23.8 Å². The number of nitrogens with two attached hydrogens (primary N) is 1. The van der Waals surface area contributed by atoms with Gasteiger partial charge in [-0.15, -0.1) is 0 Å². The van der Waals surface area contributed by atoms with Crippen LogP contribution < -0.4 is 11.2 Å². The Bertz CT molecular complexity index is 427. The zero-order chi connectivity index (χ0) is 12.8. The van der Waals surface area contributed by atoms with Gasteiger partial charge in [-0.25, -0.2) is 10.2 Å². The number of primary amides is 1. The molecule has 0 saturated heterocycles. The molecule has 1 rings (SSSR count). The first-order valence-electron chi connectivity index (χ1n) is 5.37. The summed E-state index contributed by atoms with van der Waals surface area (Å²) in [6.07, 6.45) is 3.52. The predicted molar refractivity (Wildman–Crippen MR) is 67.2 cm³/mol. The summed E-state index contributed by atoms with van der Waals surface area (Å²) in [4.78, 5) is 10.4. The minimum Gasteiger partial charge on any atom is -0.350 e. The third-order valence-electron chi connectivity index (χ3n) is 2.20. The Morgan fingerprint density at radius 3 is 3.00 bits per heavy atom. The fraction of sp³-hybridized carbons (Fsp3) is 0.500. The van der Waals surface area contributed by atoms with Gasteiger partial charge in [0.25, 0.3) is 0 Å². The van der Waals surface area contributed by atoms with Gasteiger partial charge in [0, 0.05) is 6.54 Å². The van der Waals surface area contributed by atoms with Crippen molar-refractivity contribution in [3.8, 4) is 0 Å². The second kappa shape index (κ2) is 6.24. The first-order chi connectivity index (χ1) is 8.06. The van der Waals surface area contributed by atoms with Crippen molar-refractivity contribution in [2.24, 2.45) is 10.8 Å². The van der Waals surface area contributed by atoms with E-state index in [4.69, 9.17) is 17.3 Å². The van der Waals surface area contributed by atoms with Gasteiger partial charge in [-0.05, 0) is 13.3 Å². The van der Waals surface area contributed by atoms with Gasteiger partial charge in [0.05, 0.1) is 17.5 Å². The summed E-state index contributed by atoms with van der Waals surface area (Å²) in [5.74, 6) is 0. The van der Waals surface area contributed by atoms with E-state index in [2.05, 4.69) is 22.5 Å². The highest BCUT2D eigenvalue weighted by Crippen LogP contribution is 2.18. The number of carbonyl (C=O) groups is 1. The van der Waals surface area contributed by atoms with Crippen molar-refractivity contribution in [3.63, 3.8) is 0 Å². The molecule has 1 aromatic heterocycles. The van der Waals surface area contributed by atoms with E-state index in [9.17, 15) is 4.79 Å². The molecule has 0 fully saturated rings. The molecule has 0 unspecified atom stereocenters. The van der Waals surface area contributed by atoms with Crippen molar-refractivity contribution in [3.05, 3.63) is 16.4 Å². The predicted octanol–water partition coefficient (Wildman–Crippen LogP) is 1.65. The molecule has 7 heteroatoms. The standard InChI is InChI=1S/C10H16ClN5O/c1-3-4-5-16-9(11)8(7(2)15-16)6-13-14-10(12)17/h6H,3-5H2,1-2H3,(H3,12,14,17). The van der Waals surface area contributed by atoms with Crippen molar-refractivity contribution in [2.45, 2.75) is 33.2 Å². The van der Waals surface area contributed by atoms with Gasteiger partial charge in [0.1, 0.15) is 5.15 Å². The zero-order valence-corrected chi connectivity index (χ0v) is 10.7. The highest BCUT2D eigenvalue weighted by atomic mass is 35.5. The molecule has 0 saturated carbocycles. The Balaban J connectivity index is 2.81. The second-order valence-corrected chi connectivity index (χ2v) is 3.96. The van der Waals surface area contributed by atoms with Gasteiger partial charge in [-0.3, -0.25) is 4.68 Å². The summed E-state index contributed by atoms with van der Waals surface area (Å²) in [7, 11) is 0. The Morgan fingerprint density at radius 1 is 1.71 bits per heavy atom. The third-order valence-corrected chi connectivity index (χ3v) is 2.60. The molecule has 0 bridgehead atoms. The van der Waals surface area contributed by atoms with Crippen LogP contribution in [0.5, 0.6) is 0 Å². The molecule has 0 atom stereocenters. The third kappa shape index (κ3) is 3.74. The van der Waals surface area contributed by atoms with E-state index < -0.39 is 6.03 Å². The second-order valence-electron chi connectivity index (χ2n) is 3.60. The van der Waals surface area contributed by atoms with Gasteiger partial charge in [-0.2, -0.15) is 10.2 Å². The lowest BCUT2D eigenvalue weighted by Crippen LogP contribution is -2.24. The van der Waals surface area contributed by atoms with Crippen LogP contribution in [0.15, 0.2) is 5.10 Å². The number of amides is 2. The molecule has 0 radical (unpaired) electrons. The lowest BCUT2D eigenvalue weighted by molar-refractivity contribution is 0.249. The Morgan fingerprint density at radius 2 is 2.41 bits per heavy atom. The van der Waals surface area contributed by atoms with E-state index in [0.29, 0.717) is 10.7 Å². The normalized spacial score (nSPS) is 11.0. The smallest absolute Gasteiger partial charge is 0.332 e. The number of hydrogen-bond acceptors (Lipinski definition) is 3. The van der Waals surface area contributed by atoms with Crippen molar-refractivity contribution < 1.29 is 4.79 Å². The molecule has 0 aromatic carbocycles. The van der Waals surface area contributed by atoms with Crippen LogP contribution in [0, 0.1) is 6.92 Å². The molecule has 1 heterocycles. The lowest BCUT2D eigenvalue weighted by atomic mass is 10.3. The molecule has 0 aliphatic carbocycles. The van der Waals surface area contributed by atoms with E-state index in [1.165, 1.54) is 6.21 Å². The van der Waals surface area contributed by atoms with E-state index in [0.717, 1.165) is 25.1 Å². The lowest BCUT2D eigenvalue weighted by Gasteiger charge is -2.00. The Hall–Kier alpha value is -1.56. The van der Waals surface area contributed by atoms with Crippen LogP contribution in [0.4, 0.5) is 4.79 Å². The van der Waals surface area contributed by atoms with E-state index in [1.807, 2.05) is 6.92 Å². The molecule has 0 aliphatic rings. The van der Waals surface area contributed by atoms with Crippen LogP contribution >= 0.6 is 11.6 Å². The Kier molecular flexibility index (Phi) is 4.96. The quantitative estimate of drug-likeness (QED) is 0.621. The highest BCUT2D eigenvalue weighted by molar-refractivity contribution is 6.32. The van der Waals surface area contributed by atoms with E-state index >= 15 is 0 Å². The van der Waals surface area contributed by atoms with Gasteiger partial charge in [0.15, 0.2) is 0 Å². The van der Waals surface area contributed by atoms with Crippen LogP contribution in [0.25, 0.3) is 0 Å². The first-order valence-corrected chi connectivity index (χ1v) is 5.75. The van der Waals surface area contributed by atoms with Gasteiger partial charge in [-0.1, -0.05) is 24.9 Å². The summed E-state index contributed by atoms with van der Waals surface area (Å²) in [6.45, 7) is 4.70. The topological polar surface area (TPSA) is 85.3 Å². The minimum absolute atomic E-state index is 0.519. The number of nitrogens with one attached hydrogen (secondary N) is 1. The summed E-state index contributed by atoms with van der Waals surface area (Å²) in [6, 6.07) is -0.714. The Labute approximate surface area is 105 Å². The molecular weight excluding hydrogens is 242 g/mol. The summed E-state index contributed by atoms with van der Waals surface area (Å²) in [5, 5.41) is 8.48. The largest absolute Gasteiger partial charge is 0.350 e. The van der Waals surface area contributed by atoms with Crippen LogP contribution in [-0.2, 0) is 6.54 Å². The molecule has 2 amide bonds. The van der Waals surface area contributed by atoms with Crippen LogP contribution in [0.1, 0.15) is 31.0 Å². The number of hydrogen-bond donors (Lipinski definition) is 2. The molecule has 0 spiro atoms. The monoisotopic (exact) mass is 257 g/mol. The SMILES string of the molecule is CCCCn1nc(C)c(C=NNC(N)=O)c1Cl. The molecule has 1 aromatic rings. The van der Waals surface area contributed by atoms with Crippen molar-refractivity contribution in [2.75, 3.05) is 0 Å². The molecule has 94 valence electrons. The van der Waals surface area contributed by atoms with E-state index in [-0.39, 0.29) is 0 Å². The number of nitrogens with zero attached hydrogens (tertiary/aromatic N) is 3. The maximum atomic E-state index is 10.4. The van der Waals surface area contributed by atoms with E-state index in [1.54, 1.807) is 4.68 Å². The maximum Gasteiger partial charge on any atom is 0.332 e. The average molecular weight is 258 g/mol. The number of carbonyl (C=O) groups excluding carboxylic acids is 1. The number of urea groups is 1.